The molecule has 0 aromatic rings. The van der Waals surface area contributed by atoms with Crippen LogP contribution in [0.2, 0.25) is 0 Å². The van der Waals surface area contributed by atoms with E-state index in [-0.39, 0.29) is 25.3 Å². The Morgan fingerprint density at radius 3 is 2.65 bits per heavy atom. The van der Waals surface area contributed by atoms with E-state index in [1.165, 1.54) is 0 Å². The number of carbonyl (C=O) groups is 3. The van der Waals surface area contributed by atoms with Crippen LogP contribution in [0.4, 0.5) is 4.79 Å². The fourth-order valence-electron chi connectivity index (χ4n) is 1.96. The van der Waals surface area contributed by atoms with Gasteiger partial charge in [-0.2, -0.15) is 11.8 Å². The molecule has 1 rings (SSSR count). The fourth-order valence-corrected chi connectivity index (χ4v) is 2.97. The van der Waals surface area contributed by atoms with Crippen molar-refractivity contribution in [1.82, 2.24) is 10.2 Å². The smallest absolute Gasteiger partial charge is 0.326 e. The quantitative estimate of drug-likeness (QED) is 0.671. The van der Waals surface area contributed by atoms with Crippen LogP contribution in [0.5, 0.6) is 0 Å². The molecule has 1 unspecified atom stereocenters. The van der Waals surface area contributed by atoms with Crippen molar-refractivity contribution < 1.29 is 24.6 Å². The Hall–Kier alpha value is -1.44. The Kier molecular flexibility index (Phi) is 6.63. The van der Waals surface area contributed by atoms with Gasteiger partial charge in [0.1, 0.15) is 6.04 Å². The fraction of sp³-hybridized carbons (Fsp3) is 0.750. The normalized spacial score (nSPS) is 20.2. The summed E-state index contributed by atoms with van der Waals surface area (Å²) in [5.74, 6) is -1.27. The number of carbonyl (C=O) groups excluding carboxylic acids is 1. The number of carboxylic acids is 2. The topological polar surface area (TPSA) is 107 Å². The third-order valence-electron chi connectivity index (χ3n) is 3.01. The van der Waals surface area contributed by atoms with Crippen molar-refractivity contribution in [2.24, 2.45) is 0 Å². The molecule has 0 aromatic carbocycles. The second kappa shape index (κ2) is 7.98. The second-order valence-corrected chi connectivity index (χ2v) is 6.30. The second-order valence-electron chi connectivity index (χ2n) is 4.75. The van der Waals surface area contributed by atoms with Crippen molar-refractivity contribution in [3.63, 3.8) is 0 Å². The van der Waals surface area contributed by atoms with E-state index in [4.69, 9.17) is 10.2 Å². The molecule has 2 atom stereocenters. The van der Waals surface area contributed by atoms with Gasteiger partial charge in [0.15, 0.2) is 0 Å². The molecule has 3 N–H and O–H groups in total. The Morgan fingerprint density at radius 1 is 1.40 bits per heavy atom. The standard InChI is InChI=1S/C12H20N2O5S/c1-8-7-14(5-6-20-8)12(19)13-9(11(17)18)3-2-4-10(15)16/h8-9H,2-7H2,1H3,(H,13,19)(H,15,16)(H,17,18)/t8?,9-/m1/s1. The van der Waals surface area contributed by atoms with Gasteiger partial charge in [0.25, 0.3) is 0 Å². The summed E-state index contributed by atoms with van der Waals surface area (Å²) in [5.41, 5.74) is 0. The number of hydrogen-bond donors (Lipinski definition) is 3. The van der Waals surface area contributed by atoms with Crippen LogP contribution in [0, 0.1) is 0 Å². The summed E-state index contributed by atoms with van der Waals surface area (Å²) in [6.45, 7) is 3.21. The first-order chi connectivity index (χ1) is 9.40. The molecule has 0 spiro atoms. The van der Waals surface area contributed by atoms with Crippen LogP contribution >= 0.6 is 11.8 Å². The van der Waals surface area contributed by atoms with Gasteiger partial charge in [-0.05, 0) is 12.8 Å². The summed E-state index contributed by atoms with van der Waals surface area (Å²) in [4.78, 5) is 35.1. The highest BCUT2D eigenvalue weighted by Gasteiger charge is 2.26. The molecule has 0 bridgehead atoms. The first-order valence-electron chi connectivity index (χ1n) is 6.51. The molecule has 1 fully saturated rings. The maximum atomic E-state index is 12.0. The lowest BCUT2D eigenvalue weighted by Gasteiger charge is -2.31. The number of nitrogens with one attached hydrogen (secondary N) is 1. The van der Waals surface area contributed by atoms with Gasteiger partial charge in [-0.1, -0.05) is 6.92 Å². The lowest BCUT2D eigenvalue weighted by molar-refractivity contribution is -0.140. The first-order valence-corrected chi connectivity index (χ1v) is 7.56. The Balaban J connectivity index is 2.45. The number of carboxylic acid groups (broad SMARTS) is 2. The molecule has 2 amide bonds. The number of urea groups is 1. The third-order valence-corrected chi connectivity index (χ3v) is 4.14. The number of nitrogens with zero attached hydrogens (tertiary/aromatic N) is 1. The Bertz CT molecular complexity index is 377. The molecule has 0 saturated carbocycles. The van der Waals surface area contributed by atoms with Crippen LogP contribution in [0.15, 0.2) is 0 Å². The Labute approximate surface area is 121 Å². The van der Waals surface area contributed by atoms with E-state index in [9.17, 15) is 14.4 Å². The average molecular weight is 304 g/mol. The van der Waals surface area contributed by atoms with Crippen molar-refractivity contribution >= 4 is 29.7 Å². The van der Waals surface area contributed by atoms with Gasteiger partial charge < -0.3 is 20.4 Å². The third kappa shape index (κ3) is 5.68. The first kappa shape index (κ1) is 16.6. The summed E-state index contributed by atoms with van der Waals surface area (Å²) in [5, 5.41) is 20.4. The zero-order valence-corrected chi connectivity index (χ0v) is 12.2. The molecule has 114 valence electrons. The van der Waals surface area contributed by atoms with Gasteiger partial charge >= 0.3 is 18.0 Å². The minimum absolute atomic E-state index is 0.100. The molecule has 0 aromatic heterocycles. The number of amides is 2. The molecule has 0 aliphatic carbocycles. The van der Waals surface area contributed by atoms with Crippen molar-refractivity contribution in [3.05, 3.63) is 0 Å². The van der Waals surface area contributed by atoms with Crippen molar-refractivity contribution in [2.75, 3.05) is 18.8 Å². The van der Waals surface area contributed by atoms with Gasteiger partial charge in [-0.15, -0.1) is 0 Å². The van der Waals surface area contributed by atoms with Crippen LogP contribution in [-0.2, 0) is 9.59 Å². The predicted octanol–water partition coefficient (Wildman–Crippen LogP) is 0.841. The number of aliphatic carboxylic acids is 2. The van der Waals surface area contributed by atoms with Crippen molar-refractivity contribution in [2.45, 2.75) is 37.5 Å². The molecule has 20 heavy (non-hydrogen) atoms. The van der Waals surface area contributed by atoms with Crippen molar-refractivity contribution in [3.8, 4) is 0 Å². The Morgan fingerprint density at radius 2 is 2.10 bits per heavy atom. The molecule has 1 heterocycles. The van der Waals surface area contributed by atoms with Crippen LogP contribution in [0.3, 0.4) is 0 Å². The highest BCUT2D eigenvalue weighted by molar-refractivity contribution is 7.99. The van der Waals surface area contributed by atoms with Gasteiger partial charge in [-0.25, -0.2) is 9.59 Å². The molecule has 1 aliphatic rings. The number of rotatable bonds is 6. The lowest BCUT2D eigenvalue weighted by Crippen LogP contribution is -2.51. The molecule has 0 radical (unpaired) electrons. The van der Waals surface area contributed by atoms with Gasteiger partial charge in [-0.3, -0.25) is 4.79 Å². The van der Waals surface area contributed by atoms with Gasteiger partial charge in [0.2, 0.25) is 0 Å². The maximum Gasteiger partial charge on any atom is 0.326 e. The van der Waals surface area contributed by atoms with Crippen molar-refractivity contribution in [1.29, 1.82) is 0 Å². The van der Waals surface area contributed by atoms with E-state index in [0.717, 1.165) is 5.75 Å². The number of thioether (sulfide) groups is 1. The SMILES string of the molecule is CC1CN(C(=O)N[C@H](CCCC(=O)O)C(=O)O)CCS1. The minimum Gasteiger partial charge on any atom is -0.481 e. The van der Waals surface area contributed by atoms with Crippen LogP contribution < -0.4 is 5.32 Å². The van der Waals surface area contributed by atoms with E-state index >= 15 is 0 Å². The summed E-state index contributed by atoms with van der Waals surface area (Å²) in [6.07, 6.45) is 0.237. The molecule has 1 aliphatic heterocycles. The summed E-state index contributed by atoms with van der Waals surface area (Å²) >= 11 is 1.78. The lowest BCUT2D eigenvalue weighted by atomic mass is 10.1. The average Bonchev–Trinajstić information content (AvgIpc) is 2.36. The number of hydrogen-bond acceptors (Lipinski definition) is 4. The zero-order chi connectivity index (χ0) is 15.1. The molecule has 1 saturated heterocycles. The maximum absolute atomic E-state index is 12.0. The largest absolute Gasteiger partial charge is 0.481 e. The van der Waals surface area contributed by atoms with E-state index < -0.39 is 18.0 Å². The van der Waals surface area contributed by atoms with E-state index in [1.807, 2.05) is 6.92 Å². The van der Waals surface area contributed by atoms with Gasteiger partial charge in [0.05, 0.1) is 0 Å². The zero-order valence-electron chi connectivity index (χ0n) is 11.4. The van der Waals surface area contributed by atoms with Crippen LogP contribution in [0.1, 0.15) is 26.2 Å². The molecular weight excluding hydrogens is 284 g/mol. The van der Waals surface area contributed by atoms with E-state index in [1.54, 1.807) is 16.7 Å². The van der Waals surface area contributed by atoms with Crippen LogP contribution in [0.25, 0.3) is 0 Å². The molecule has 8 heteroatoms. The summed E-state index contributed by atoms with van der Waals surface area (Å²) in [7, 11) is 0. The summed E-state index contributed by atoms with van der Waals surface area (Å²) in [6, 6.07) is -1.42. The predicted molar refractivity (Wildman–Crippen MR) is 74.9 cm³/mol. The van der Waals surface area contributed by atoms with Gasteiger partial charge in [0, 0.05) is 30.5 Å². The monoisotopic (exact) mass is 304 g/mol. The highest BCUT2D eigenvalue weighted by atomic mass is 32.2. The van der Waals surface area contributed by atoms with Crippen LogP contribution in [-0.4, -0.2) is 63.2 Å². The molecular formula is C12H20N2O5S. The van der Waals surface area contributed by atoms with E-state index in [0.29, 0.717) is 18.3 Å². The minimum atomic E-state index is -1.14. The van der Waals surface area contributed by atoms with E-state index in [2.05, 4.69) is 5.32 Å². The highest BCUT2D eigenvalue weighted by Crippen LogP contribution is 2.17. The summed E-state index contributed by atoms with van der Waals surface area (Å²) < 4.78 is 0. The molecule has 7 nitrogen and oxygen atoms in total.